The summed E-state index contributed by atoms with van der Waals surface area (Å²) in [4.78, 5) is 0. The molecule has 1 aliphatic rings. The topological polar surface area (TPSA) is 18.5 Å². The third-order valence-electron chi connectivity index (χ3n) is 4.71. The van der Waals surface area contributed by atoms with E-state index < -0.39 is 5.60 Å². The average Bonchev–Trinajstić information content (AvgIpc) is 2.54. The lowest BCUT2D eigenvalue weighted by molar-refractivity contribution is -0.198. The standard InChI is InChI=1S/C21H26O2/c1-15-13-18(14-17-9-5-6-10-19(15)17)16(2)21(3,4)23-20-11-7-8-12-22-20/h5-6,9-10,13-14,20H,2,7-8,11-12H2,1,3-4H3. The first-order valence-electron chi connectivity index (χ1n) is 8.46. The van der Waals surface area contributed by atoms with Crippen LogP contribution in [0.3, 0.4) is 0 Å². The van der Waals surface area contributed by atoms with Gasteiger partial charge in [-0.05, 0) is 73.6 Å². The van der Waals surface area contributed by atoms with Crippen molar-refractivity contribution in [1.82, 2.24) is 0 Å². The molecule has 2 aromatic carbocycles. The van der Waals surface area contributed by atoms with E-state index >= 15 is 0 Å². The number of ether oxygens (including phenoxy) is 2. The molecule has 1 saturated heterocycles. The Morgan fingerprint density at radius 1 is 1.22 bits per heavy atom. The molecule has 1 unspecified atom stereocenters. The van der Waals surface area contributed by atoms with Crippen LogP contribution in [0.2, 0.25) is 0 Å². The van der Waals surface area contributed by atoms with Gasteiger partial charge in [0.05, 0.1) is 5.60 Å². The van der Waals surface area contributed by atoms with Crippen molar-refractivity contribution in [2.75, 3.05) is 6.61 Å². The molecular weight excluding hydrogens is 284 g/mol. The summed E-state index contributed by atoms with van der Waals surface area (Å²) in [5.41, 5.74) is 2.96. The minimum atomic E-state index is -0.448. The summed E-state index contributed by atoms with van der Waals surface area (Å²) in [6, 6.07) is 12.9. The SMILES string of the molecule is C=C(c1cc(C)c2ccccc2c1)C(C)(C)OC1CCCCO1. The minimum Gasteiger partial charge on any atom is -0.353 e. The van der Waals surface area contributed by atoms with Crippen LogP contribution in [0.25, 0.3) is 16.3 Å². The van der Waals surface area contributed by atoms with Crippen molar-refractivity contribution < 1.29 is 9.47 Å². The second kappa shape index (κ2) is 6.46. The van der Waals surface area contributed by atoms with Crippen molar-refractivity contribution in [2.24, 2.45) is 0 Å². The van der Waals surface area contributed by atoms with Gasteiger partial charge in [-0.2, -0.15) is 0 Å². The van der Waals surface area contributed by atoms with Crippen LogP contribution in [0.4, 0.5) is 0 Å². The van der Waals surface area contributed by atoms with Crippen molar-refractivity contribution in [3.8, 4) is 0 Å². The van der Waals surface area contributed by atoms with Gasteiger partial charge in [0, 0.05) is 6.61 Å². The lowest BCUT2D eigenvalue weighted by atomic mass is 9.89. The van der Waals surface area contributed by atoms with Crippen LogP contribution in [-0.4, -0.2) is 18.5 Å². The van der Waals surface area contributed by atoms with Crippen LogP contribution in [0.1, 0.15) is 44.2 Å². The van der Waals surface area contributed by atoms with Gasteiger partial charge in [0.2, 0.25) is 0 Å². The molecule has 0 saturated carbocycles. The third-order valence-corrected chi connectivity index (χ3v) is 4.71. The quantitative estimate of drug-likeness (QED) is 0.744. The van der Waals surface area contributed by atoms with Crippen molar-refractivity contribution in [3.05, 3.63) is 54.1 Å². The third kappa shape index (κ3) is 3.49. The normalized spacial score (nSPS) is 19.0. The van der Waals surface area contributed by atoms with Crippen LogP contribution in [0.5, 0.6) is 0 Å². The van der Waals surface area contributed by atoms with Crippen LogP contribution in [0, 0.1) is 6.92 Å². The van der Waals surface area contributed by atoms with E-state index in [9.17, 15) is 0 Å². The van der Waals surface area contributed by atoms with E-state index in [1.54, 1.807) is 0 Å². The van der Waals surface area contributed by atoms with Gasteiger partial charge in [-0.1, -0.05) is 36.9 Å². The number of aryl methyl sites for hydroxylation is 1. The Hall–Kier alpha value is -1.64. The van der Waals surface area contributed by atoms with Crippen LogP contribution < -0.4 is 0 Å². The summed E-state index contributed by atoms with van der Waals surface area (Å²) in [7, 11) is 0. The molecule has 3 rings (SSSR count). The first-order chi connectivity index (χ1) is 11.0. The van der Waals surface area contributed by atoms with Crippen molar-refractivity contribution in [1.29, 1.82) is 0 Å². The van der Waals surface area contributed by atoms with Gasteiger partial charge in [-0.15, -0.1) is 0 Å². The molecule has 2 heteroatoms. The molecule has 0 spiro atoms. The molecule has 0 aliphatic carbocycles. The minimum absolute atomic E-state index is 0.114. The Morgan fingerprint density at radius 3 is 2.74 bits per heavy atom. The summed E-state index contributed by atoms with van der Waals surface area (Å²) >= 11 is 0. The lowest BCUT2D eigenvalue weighted by Crippen LogP contribution is -2.34. The van der Waals surface area contributed by atoms with Gasteiger partial charge >= 0.3 is 0 Å². The van der Waals surface area contributed by atoms with Crippen LogP contribution in [-0.2, 0) is 9.47 Å². The number of hydrogen-bond acceptors (Lipinski definition) is 2. The van der Waals surface area contributed by atoms with E-state index in [1.807, 2.05) is 0 Å². The zero-order valence-electron chi connectivity index (χ0n) is 14.4. The highest BCUT2D eigenvalue weighted by Gasteiger charge is 2.29. The van der Waals surface area contributed by atoms with Crippen molar-refractivity contribution >= 4 is 16.3 Å². The molecule has 0 N–H and O–H groups in total. The monoisotopic (exact) mass is 310 g/mol. The maximum absolute atomic E-state index is 6.23. The maximum atomic E-state index is 6.23. The molecule has 1 aliphatic heterocycles. The van der Waals surface area contributed by atoms with Gasteiger partial charge in [-0.3, -0.25) is 0 Å². The van der Waals surface area contributed by atoms with Crippen LogP contribution in [0.15, 0.2) is 43.0 Å². The summed E-state index contributed by atoms with van der Waals surface area (Å²) < 4.78 is 12.0. The average molecular weight is 310 g/mol. The predicted octanol–water partition coefficient (Wildman–Crippen LogP) is 5.48. The van der Waals surface area contributed by atoms with Gasteiger partial charge in [0.25, 0.3) is 0 Å². The van der Waals surface area contributed by atoms with E-state index in [0.717, 1.165) is 30.6 Å². The summed E-state index contributed by atoms with van der Waals surface area (Å²) in [6.07, 6.45) is 3.15. The van der Waals surface area contributed by atoms with Crippen molar-refractivity contribution in [3.63, 3.8) is 0 Å². The van der Waals surface area contributed by atoms with Gasteiger partial charge in [-0.25, -0.2) is 0 Å². The number of hydrogen-bond donors (Lipinski definition) is 0. The highest BCUT2D eigenvalue weighted by Crippen LogP contribution is 2.34. The smallest absolute Gasteiger partial charge is 0.158 e. The first kappa shape index (κ1) is 16.2. The molecule has 2 nitrogen and oxygen atoms in total. The molecule has 0 amide bonds. The Kier molecular flexibility index (Phi) is 4.56. The first-order valence-corrected chi connectivity index (χ1v) is 8.46. The molecule has 2 aromatic rings. The fraction of sp³-hybridized carbons (Fsp3) is 0.429. The molecule has 0 aromatic heterocycles. The summed E-state index contributed by atoms with van der Waals surface area (Å²) in [5, 5.41) is 2.53. The largest absolute Gasteiger partial charge is 0.353 e. The van der Waals surface area contributed by atoms with E-state index in [2.05, 4.69) is 63.7 Å². The Bertz CT molecular complexity index is 709. The number of benzene rings is 2. The molecular formula is C21H26O2. The fourth-order valence-electron chi connectivity index (χ4n) is 3.23. The van der Waals surface area contributed by atoms with Gasteiger partial charge < -0.3 is 9.47 Å². The maximum Gasteiger partial charge on any atom is 0.158 e. The van der Waals surface area contributed by atoms with E-state index in [1.165, 1.54) is 22.8 Å². The molecule has 1 fully saturated rings. The molecule has 0 radical (unpaired) electrons. The molecule has 0 bridgehead atoms. The highest BCUT2D eigenvalue weighted by molar-refractivity contribution is 5.89. The van der Waals surface area contributed by atoms with E-state index in [-0.39, 0.29) is 6.29 Å². The summed E-state index contributed by atoms with van der Waals surface area (Å²) in [6.45, 7) is 11.4. The van der Waals surface area contributed by atoms with Gasteiger partial charge in [0.15, 0.2) is 6.29 Å². The Labute approximate surface area is 139 Å². The number of rotatable bonds is 4. The Balaban J connectivity index is 1.86. The summed E-state index contributed by atoms with van der Waals surface area (Å²) in [5.74, 6) is 0. The van der Waals surface area contributed by atoms with E-state index in [4.69, 9.17) is 9.47 Å². The lowest BCUT2D eigenvalue weighted by Gasteiger charge is -2.34. The molecule has 1 heterocycles. The zero-order chi connectivity index (χ0) is 16.4. The van der Waals surface area contributed by atoms with Crippen LogP contribution >= 0.6 is 0 Å². The molecule has 23 heavy (non-hydrogen) atoms. The molecule has 1 atom stereocenters. The zero-order valence-corrected chi connectivity index (χ0v) is 14.4. The number of fused-ring (bicyclic) bond motifs is 1. The second-order valence-electron chi connectivity index (χ2n) is 6.92. The second-order valence-corrected chi connectivity index (χ2v) is 6.92. The van der Waals surface area contributed by atoms with Crippen molar-refractivity contribution in [2.45, 2.75) is 51.9 Å². The van der Waals surface area contributed by atoms with E-state index in [0.29, 0.717) is 0 Å². The highest BCUT2D eigenvalue weighted by atomic mass is 16.7. The van der Waals surface area contributed by atoms with Gasteiger partial charge in [0.1, 0.15) is 0 Å². The fourth-order valence-corrected chi connectivity index (χ4v) is 3.23. The Morgan fingerprint density at radius 2 is 2.00 bits per heavy atom. The predicted molar refractivity (Wildman–Crippen MR) is 96.5 cm³/mol. The molecule has 122 valence electrons.